The topological polar surface area (TPSA) is 29.1 Å². The Morgan fingerprint density at radius 1 is 1.15 bits per heavy atom. The van der Waals surface area contributed by atoms with Crippen LogP contribution in [-0.4, -0.2) is 11.8 Å². The molecular weight excluding hydrogens is 246 g/mol. The van der Waals surface area contributed by atoms with Gasteiger partial charge in [0.1, 0.15) is 0 Å². The molecule has 1 atom stereocenters. The summed E-state index contributed by atoms with van der Waals surface area (Å²) in [5, 5.41) is 3.33. The highest BCUT2D eigenvalue weighted by Crippen LogP contribution is 2.26. The number of aryl methyl sites for hydroxylation is 2. The molecule has 1 aliphatic heterocycles. The number of hydrogen-bond donors (Lipinski definition) is 1. The molecule has 0 aliphatic carbocycles. The summed E-state index contributed by atoms with van der Waals surface area (Å²) in [7, 11) is 0. The molecule has 102 valence electrons. The fraction of sp³-hybridized carbons (Fsp3) is 0.278. The van der Waals surface area contributed by atoms with E-state index in [2.05, 4.69) is 43.4 Å². The average Bonchev–Trinajstić information content (AvgIpc) is 2.87. The van der Waals surface area contributed by atoms with Crippen LogP contribution in [0.3, 0.4) is 0 Å². The third-order valence-corrected chi connectivity index (χ3v) is 4.11. The van der Waals surface area contributed by atoms with Crippen LogP contribution in [0.4, 0.5) is 5.69 Å². The molecule has 0 saturated heterocycles. The Hall–Kier alpha value is -2.09. The molecule has 1 heterocycles. The Bertz CT molecular complexity index is 635. The Balaban J connectivity index is 1.71. The summed E-state index contributed by atoms with van der Waals surface area (Å²) >= 11 is 0. The number of carbonyl (C=O) groups excluding carboxylic acids is 1. The monoisotopic (exact) mass is 265 g/mol. The zero-order valence-corrected chi connectivity index (χ0v) is 11.9. The zero-order valence-electron chi connectivity index (χ0n) is 11.9. The number of fused-ring (bicyclic) bond motifs is 1. The highest BCUT2D eigenvalue weighted by atomic mass is 16.1. The molecule has 1 aliphatic rings. The minimum atomic E-state index is -0.0750. The van der Waals surface area contributed by atoms with E-state index in [9.17, 15) is 4.79 Å². The maximum absolute atomic E-state index is 12.4. The van der Waals surface area contributed by atoms with E-state index in [0.717, 1.165) is 17.7 Å². The van der Waals surface area contributed by atoms with Gasteiger partial charge in [-0.1, -0.05) is 36.4 Å². The van der Waals surface area contributed by atoms with Gasteiger partial charge in [0, 0.05) is 18.5 Å². The van der Waals surface area contributed by atoms with Crippen LogP contribution >= 0.6 is 0 Å². The number of para-hydroxylation sites is 1. The van der Waals surface area contributed by atoms with E-state index >= 15 is 0 Å². The van der Waals surface area contributed by atoms with E-state index in [1.165, 1.54) is 16.7 Å². The number of carbonyl (C=O) groups is 1. The first kappa shape index (κ1) is 12.9. The molecule has 0 aromatic heterocycles. The highest BCUT2D eigenvalue weighted by Gasteiger charge is 2.25. The second-order valence-corrected chi connectivity index (χ2v) is 5.62. The smallest absolute Gasteiger partial charge is 0.159 e. The van der Waals surface area contributed by atoms with Gasteiger partial charge in [0.15, 0.2) is 5.78 Å². The molecule has 2 nitrogen and oxygen atoms in total. The van der Waals surface area contributed by atoms with E-state index in [0.29, 0.717) is 6.42 Å². The fourth-order valence-corrected chi connectivity index (χ4v) is 2.73. The molecule has 0 bridgehead atoms. The third-order valence-electron chi connectivity index (χ3n) is 4.11. The molecule has 0 saturated carbocycles. The molecular formula is C18H19NO. The fourth-order valence-electron chi connectivity index (χ4n) is 2.73. The van der Waals surface area contributed by atoms with Crippen molar-refractivity contribution in [2.24, 2.45) is 0 Å². The Morgan fingerprint density at radius 3 is 2.70 bits per heavy atom. The van der Waals surface area contributed by atoms with E-state index in [1.54, 1.807) is 0 Å². The summed E-state index contributed by atoms with van der Waals surface area (Å²) in [6.07, 6.45) is 1.31. The van der Waals surface area contributed by atoms with Crippen molar-refractivity contribution in [1.29, 1.82) is 0 Å². The van der Waals surface area contributed by atoms with Gasteiger partial charge in [-0.2, -0.15) is 0 Å². The number of benzene rings is 2. The predicted molar refractivity (Wildman–Crippen MR) is 82.2 cm³/mol. The molecule has 0 amide bonds. The van der Waals surface area contributed by atoms with Gasteiger partial charge in [-0.3, -0.25) is 4.79 Å². The Labute approximate surface area is 119 Å². The minimum Gasteiger partial charge on any atom is -0.375 e. The summed E-state index contributed by atoms with van der Waals surface area (Å²) in [4.78, 5) is 12.4. The number of Topliss-reactive ketones (excluding diaryl/α,β-unsaturated/α-hetero) is 1. The SMILES string of the molecule is Cc1ccc(CC(=O)C2Cc3ccccc3N2)cc1C. The van der Waals surface area contributed by atoms with Crippen molar-refractivity contribution in [3.8, 4) is 0 Å². The normalized spacial score (nSPS) is 16.6. The summed E-state index contributed by atoms with van der Waals surface area (Å²) in [5.41, 5.74) is 5.97. The second kappa shape index (κ2) is 5.12. The second-order valence-electron chi connectivity index (χ2n) is 5.62. The van der Waals surface area contributed by atoms with Gasteiger partial charge in [0.2, 0.25) is 0 Å². The van der Waals surface area contributed by atoms with Crippen molar-refractivity contribution in [2.45, 2.75) is 32.7 Å². The van der Waals surface area contributed by atoms with Crippen LogP contribution in [0.25, 0.3) is 0 Å². The first-order chi connectivity index (χ1) is 9.63. The molecule has 0 spiro atoms. The number of rotatable bonds is 3. The van der Waals surface area contributed by atoms with Gasteiger partial charge in [-0.25, -0.2) is 0 Å². The third kappa shape index (κ3) is 2.46. The van der Waals surface area contributed by atoms with E-state index < -0.39 is 0 Å². The number of nitrogens with one attached hydrogen (secondary N) is 1. The van der Waals surface area contributed by atoms with E-state index in [-0.39, 0.29) is 11.8 Å². The number of hydrogen-bond acceptors (Lipinski definition) is 2. The van der Waals surface area contributed by atoms with Crippen LogP contribution in [-0.2, 0) is 17.6 Å². The maximum Gasteiger partial charge on any atom is 0.159 e. The van der Waals surface area contributed by atoms with Crippen LogP contribution in [0.5, 0.6) is 0 Å². The quantitative estimate of drug-likeness (QED) is 0.921. The van der Waals surface area contributed by atoms with Crippen molar-refractivity contribution < 1.29 is 4.79 Å². The molecule has 1 N–H and O–H groups in total. The molecule has 2 heteroatoms. The Morgan fingerprint density at radius 2 is 1.95 bits per heavy atom. The standard InChI is InChI=1S/C18H19NO/c1-12-7-8-14(9-13(12)2)10-18(20)17-11-15-5-3-4-6-16(15)19-17/h3-9,17,19H,10-11H2,1-2H3. The van der Waals surface area contributed by atoms with Crippen LogP contribution in [0.2, 0.25) is 0 Å². The van der Waals surface area contributed by atoms with Crippen molar-refractivity contribution >= 4 is 11.5 Å². The van der Waals surface area contributed by atoms with Crippen molar-refractivity contribution in [3.63, 3.8) is 0 Å². The predicted octanol–water partition coefficient (Wildman–Crippen LogP) is 3.45. The summed E-state index contributed by atoms with van der Waals surface area (Å²) in [5.74, 6) is 0.268. The summed E-state index contributed by atoms with van der Waals surface area (Å²) in [6.45, 7) is 4.18. The van der Waals surface area contributed by atoms with Gasteiger partial charge in [0.05, 0.1) is 6.04 Å². The molecule has 3 rings (SSSR count). The first-order valence-corrected chi connectivity index (χ1v) is 7.07. The van der Waals surface area contributed by atoms with E-state index in [1.807, 2.05) is 18.2 Å². The van der Waals surface area contributed by atoms with Crippen molar-refractivity contribution in [2.75, 3.05) is 5.32 Å². The number of ketones is 1. The van der Waals surface area contributed by atoms with Crippen molar-refractivity contribution in [1.82, 2.24) is 0 Å². The summed E-state index contributed by atoms with van der Waals surface area (Å²) < 4.78 is 0. The first-order valence-electron chi connectivity index (χ1n) is 7.07. The zero-order chi connectivity index (χ0) is 14.1. The molecule has 20 heavy (non-hydrogen) atoms. The molecule has 0 fully saturated rings. The maximum atomic E-state index is 12.4. The van der Waals surface area contributed by atoms with Gasteiger partial charge in [0.25, 0.3) is 0 Å². The van der Waals surface area contributed by atoms with Gasteiger partial charge in [-0.15, -0.1) is 0 Å². The Kier molecular flexibility index (Phi) is 3.31. The van der Waals surface area contributed by atoms with Crippen LogP contribution in [0, 0.1) is 13.8 Å². The van der Waals surface area contributed by atoms with Crippen LogP contribution in [0.15, 0.2) is 42.5 Å². The summed E-state index contributed by atoms with van der Waals surface area (Å²) in [6, 6.07) is 14.4. The van der Waals surface area contributed by atoms with Crippen LogP contribution < -0.4 is 5.32 Å². The average molecular weight is 265 g/mol. The van der Waals surface area contributed by atoms with Gasteiger partial charge >= 0.3 is 0 Å². The highest BCUT2D eigenvalue weighted by molar-refractivity contribution is 5.90. The molecule has 2 aromatic rings. The molecule has 0 radical (unpaired) electrons. The van der Waals surface area contributed by atoms with E-state index in [4.69, 9.17) is 0 Å². The van der Waals surface area contributed by atoms with Gasteiger partial charge < -0.3 is 5.32 Å². The number of anilines is 1. The minimum absolute atomic E-state index is 0.0750. The largest absolute Gasteiger partial charge is 0.375 e. The van der Waals surface area contributed by atoms with Crippen LogP contribution in [0.1, 0.15) is 22.3 Å². The lowest BCUT2D eigenvalue weighted by Crippen LogP contribution is -2.28. The van der Waals surface area contributed by atoms with Gasteiger partial charge in [-0.05, 0) is 42.2 Å². The lowest BCUT2D eigenvalue weighted by atomic mass is 9.98. The molecule has 2 aromatic carbocycles. The van der Waals surface area contributed by atoms with Crippen molar-refractivity contribution in [3.05, 3.63) is 64.7 Å². The lowest BCUT2D eigenvalue weighted by Gasteiger charge is -2.11. The lowest BCUT2D eigenvalue weighted by molar-refractivity contribution is -0.119. The molecule has 1 unspecified atom stereocenters.